The Kier molecular flexibility index (Phi) is 6.20. The SMILES string of the molecule is CCNC(C)CC(C)Oc1ccc(C(C)C)cc1. The molecule has 0 saturated carbocycles. The first-order chi connectivity index (χ1) is 8.52. The topological polar surface area (TPSA) is 21.3 Å². The molecule has 0 aromatic heterocycles. The maximum atomic E-state index is 5.93. The van der Waals surface area contributed by atoms with Gasteiger partial charge in [0.25, 0.3) is 0 Å². The van der Waals surface area contributed by atoms with Crippen LogP contribution in [0.1, 0.15) is 52.5 Å². The Bertz CT molecular complexity index is 331. The van der Waals surface area contributed by atoms with Crippen LogP contribution in [0.15, 0.2) is 24.3 Å². The van der Waals surface area contributed by atoms with Crippen molar-refractivity contribution in [2.45, 2.75) is 59.1 Å². The van der Waals surface area contributed by atoms with E-state index in [4.69, 9.17) is 4.74 Å². The quantitative estimate of drug-likeness (QED) is 0.789. The lowest BCUT2D eigenvalue weighted by atomic mass is 10.0. The molecule has 1 rings (SSSR count). The van der Waals surface area contributed by atoms with E-state index in [9.17, 15) is 0 Å². The summed E-state index contributed by atoms with van der Waals surface area (Å²) in [6, 6.07) is 8.95. The molecule has 0 amide bonds. The Labute approximate surface area is 112 Å². The summed E-state index contributed by atoms with van der Waals surface area (Å²) in [5.41, 5.74) is 1.36. The highest BCUT2D eigenvalue weighted by Crippen LogP contribution is 2.20. The van der Waals surface area contributed by atoms with E-state index in [1.165, 1.54) is 5.56 Å². The summed E-state index contributed by atoms with van der Waals surface area (Å²) in [6.45, 7) is 11.9. The zero-order chi connectivity index (χ0) is 13.5. The van der Waals surface area contributed by atoms with Crippen LogP contribution < -0.4 is 10.1 Å². The van der Waals surface area contributed by atoms with E-state index in [0.29, 0.717) is 12.0 Å². The molecule has 0 aliphatic rings. The summed E-state index contributed by atoms with van der Waals surface area (Å²) in [7, 11) is 0. The van der Waals surface area contributed by atoms with Gasteiger partial charge in [-0.3, -0.25) is 0 Å². The van der Waals surface area contributed by atoms with Gasteiger partial charge in [0.1, 0.15) is 5.75 Å². The summed E-state index contributed by atoms with van der Waals surface area (Å²) < 4.78 is 5.93. The van der Waals surface area contributed by atoms with Gasteiger partial charge in [0.15, 0.2) is 0 Å². The molecular formula is C16H27NO. The number of rotatable bonds is 7. The zero-order valence-corrected chi connectivity index (χ0v) is 12.4. The van der Waals surface area contributed by atoms with E-state index in [0.717, 1.165) is 18.7 Å². The highest BCUT2D eigenvalue weighted by molar-refractivity contribution is 5.29. The third-order valence-electron chi connectivity index (χ3n) is 3.12. The Balaban J connectivity index is 2.46. The molecule has 2 atom stereocenters. The molecule has 1 aromatic carbocycles. The fourth-order valence-corrected chi connectivity index (χ4v) is 2.14. The van der Waals surface area contributed by atoms with Crippen molar-refractivity contribution in [2.75, 3.05) is 6.54 Å². The second-order valence-corrected chi connectivity index (χ2v) is 5.35. The third-order valence-corrected chi connectivity index (χ3v) is 3.12. The summed E-state index contributed by atoms with van der Waals surface area (Å²) >= 11 is 0. The first kappa shape index (κ1) is 15.0. The summed E-state index contributed by atoms with van der Waals surface area (Å²) in [5, 5.41) is 3.41. The van der Waals surface area contributed by atoms with Crippen LogP contribution in [0, 0.1) is 0 Å². The van der Waals surface area contributed by atoms with E-state index >= 15 is 0 Å². The predicted octanol–water partition coefficient (Wildman–Crippen LogP) is 3.97. The number of hydrogen-bond acceptors (Lipinski definition) is 2. The first-order valence-corrected chi connectivity index (χ1v) is 7.03. The van der Waals surface area contributed by atoms with Crippen LogP contribution in [0.2, 0.25) is 0 Å². The molecule has 1 N–H and O–H groups in total. The first-order valence-electron chi connectivity index (χ1n) is 7.03. The van der Waals surface area contributed by atoms with Gasteiger partial charge in [-0.15, -0.1) is 0 Å². The van der Waals surface area contributed by atoms with E-state index in [-0.39, 0.29) is 6.10 Å². The molecule has 18 heavy (non-hydrogen) atoms. The van der Waals surface area contributed by atoms with Crippen molar-refractivity contribution in [3.63, 3.8) is 0 Å². The van der Waals surface area contributed by atoms with Crippen LogP contribution in [0.3, 0.4) is 0 Å². The van der Waals surface area contributed by atoms with Crippen LogP contribution in [0.4, 0.5) is 0 Å². The number of benzene rings is 1. The van der Waals surface area contributed by atoms with E-state index < -0.39 is 0 Å². The Hall–Kier alpha value is -1.02. The number of hydrogen-bond donors (Lipinski definition) is 1. The standard InChI is InChI=1S/C16H27NO/c1-6-17-13(4)11-14(5)18-16-9-7-15(8-10-16)12(2)3/h7-10,12-14,17H,6,11H2,1-5H3. The maximum absolute atomic E-state index is 5.93. The van der Waals surface area contributed by atoms with Crippen LogP contribution in [-0.2, 0) is 0 Å². The highest BCUT2D eigenvalue weighted by atomic mass is 16.5. The van der Waals surface area contributed by atoms with Crippen molar-refractivity contribution in [3.05, 3.63) is 29.8 Å². The number of nitrogens with one attached hydrogen (secondary N) is 1. The smallest absolute Gasteiger partial charge is 0.119 e. The van der Waals surface area contributed by atoms with Crippen molar-refractivity contribution in [1.29, 1.82) is 0 Å². The molecule has 0 heterocycles. The Morgan fingerprint density at radius 3 is 2.17 bits per heavy atom. The van der Waals surface area contributed by atoms with Crippen LogP contribution >= 0.6 is 0 Å². The largest absolute Gasteiger partial charge is 0.491 e. The molecule has 102 valence electrons. The van der Waals surface area contributed by atoms with Crippen LogP contribution in [0.5, 0.6) is 5.75 Å². The summed E-state index contributed by atoms with van der Waals surface area (Å²) in [5.74, 6) is 1.54. The van der Waals surface area contributed by atoms with Gasteiger partial charge in [0.05, 0.1) is 6.10 Å². The van der Waals surface area contributed by atoms with E-state index in [1.54, 1.807) is 0 Å². The van der Waals surface area contributed by atoms with Crippen LogP contribution in [-0.4, -0.2) is 18.7 Å². The molecule has 0 saturated heterocycles. The molecule has 0 bridgehead atoms. The average molecular weight is 249 g/mol. The minimum atomic E-state index is 0.240. The lowest BCUT2D eigenvalue weighted by Crippen LogP contribution is -2.30. The van der Waals surface area contributed by atoms with Gasteiger partial charge in [-0.1, -0.05) is 32.9 Å². The highest BCUT2D eigenvalue weighted by Gasteiger charge is 2.09. The fraction of sp³-hybridized carbons (Fsp3) is 0.625. The van der Waals surface area contributed by atoms with Gasteiger partial charge in [-0.25, -0.2) is 0 Å². The minimum Gasteiger partial charge on any atom is -0.491 e. The second kappa shape index (κ2) is 7.42. The average Bonchev–Trinajstić information content (AvgIpc) is 2.29. The fourth-order valence-electron chi connectivity index (χ4n) is 2.14. The van der Waals surface area contributed by atoms with Gasteiger partial charge in [-0.05, 0) is 50.4 Å². The molecule has 1 aromatic rings. The maximum Gasteiger partial charge on any atom is 0.119 e. The van der Waals surface area contributed by atoms with Gasteiger partial charge >= 0.3 is 0 Å². The summed E-state index contributed by atoms with van der Waals surface area (Å²) in [4.78, 5) is 0. The monoisotopic (exact) mass is 249 g/mol. The molecule has 2 unspecified atom stereocenters. The molecule has 0 aliphatic carbocycles. The second-order valence-electron chi connectivity index (χ2n) is 5.35. The Morgan fingerprint density at radius 1 is 1.06 bits per heavy atom. The van der Waals surface area contributed by atoms with Gasteiger partial charge in [-0.2, -0.15) is 0 Å². The van der Waals surface area contributed by atoms with Gasteiger partial charge in [0.2, 0.25) is 0 Å². The molecule has 2 nitrogen and oxygen atoms in total. The minimum absolute atomic E-state index is 0.240. The van der Waals surface area contributed by atoms with Crippen LogP contribution in [0.25, 0.3) is 0 Å². The molecule has 2 heteroatoms. The molecule has 0 fully saturated rings. The molecule has 0 spiro atoms. The van der Waals surface area contributed by atoms with E-state index in [2.05, 4.69) is 64.2 Å². The zero-order valence-electron chi connectivity index (χ0n) is 12.4. The lowest BCUT2D eigenvalue weighted by molar-refractivity contribution is 0.196. The van der Waals surface area contributed by atoms with Gasteiger partial charge in [0, 0.05) is 6.04 Å². The third kappa shape index (κ3) is 5.09. The van der Waals surface area contributed by atoms with Crippen molar-refractivity contribution in [2.24, 2.45) is 0 Å². The van der Waals surface area contributed by atoms with Crippen molar-refractivity contribution >= 4 is 0 Å². The lowest BCUT2D eigenvalue weighted by Gasteiger charge is -2.19. The Morgan fingerprint density at radius 2 is 1.67 bits per heavy atom. The van der Waals surface area contributed by atoms with Crippen molar-refractivity contribution in [3.8, 4) is 5.75 Å². The molecule has 0 aliphatic heterocycles. The van der Waals surface area contributed by atoms with E-state index in [1.807, 2.05) is 0 Å². The van der Waals surface area contributed by atoms with Crippen molar-refractivity contribution in [1.82, 2.24) is 5.32 Å². The molecular weight excluding hydrogens is 222 g/mol. The van der Waals surface area contributed by atoms with Gasteiger partial charge < -0.3 is 10.1 Å². The molecule has 0 radical (unpaired) electrons. The summed E-state index contributed by atoms with van der Waals surface area (Å²) in [6.07, 6.45) is 1.27. The predicted molar refractivity (Wildman–Crippen MR) is 78.4 cm³/mol. The van der Waals surface area contributed by atoms with Crippen molar-refractivity contribution < 1.29 is 4.74 Å². The number of ether oxygens (including phenoxy) is 1. The normalized spacial score (nSPS) is 14.6.